The highest BCUT2D eigenvalue weighted by molar-refractivity contribution is 5.84. The number of alkyl halides is 3. The molecule has 1 aliphatic heterocycles. The predicted molar refractivity (Wildman–Crippen MR) is 55.3 cm³/mol. The molecule has 0 radical (unpaired) electrons. The van der Waals surface area contributed by atoms with Gasteiger partial charge in [0, 0.05) is 18.1 Å². The molecule has 0 aliphatic carbocycles. The molecule has 1 aliphatic rings. The number of aryl methyl sites for hydroxylation is 2. The van der Waals surface area contributed by atoms with Crippen molar-refractivity contribution in [2.24, 2.45) is 0 Å². The summed E-state index contributed by atoms with van der Waals surface area (Å²) >= 11 is 0. The molecule has 84 valence electrons. The lowest BCUT2D eigenvalue weighted by molar-refractivity contribution is -0.137. The van der Waals surface area contributed by atoms with E-state index in [9.17, 15) is 13.2 Å². The molecule has 1 aromatic heterocycles. The lowest BCUT2D eigenvalue weighted by Gasteiger charge is -2.17. The van der Waals surface area contributed by atoms with Crippen LogP contribution >= 0.6 is 0 Å². The summed E-state index contributed by atoms with van der Waals surface area (Å²) < 4.78 is 40.0. The minimum absolute atomic E-state index is 0.533. The second-order valence-electron chi connectivity index (χ2n) is 4.18. The Bertz CT molecular complexity index is 551. The molecule has 0 atom stereocenters. The molecule has 4 heteroatoms. The van der Waals surface area contributed by atoms with Gasteiger partial charge in [-0.3, -0.25) is 0 Å². The fourth-order valence-corrected chi connectivity index (χ4v) is 2.42. The van der Waals surface area contributed by atoms with E-state index in [2.05, 4.69) is 0 Å². The summed E-state index contributed by atoms with van der Waals surface area (Å²) in [6.45, 7) is 0.905. The Hall–Kier alpha value is -1.45. The van der Waals surface area contributed by atoms with Crippen LogP contribution in [0.1, 0.15) is 17.5 Å². The Morgan fingerprint density at radius 2 is 2.00 bits per heavy atom. The van der Waals surface area contributed by atoms with Gasteiger partial charge in [-0.2, -0.15) is 13.2 Å². The molecular formula is C12H10F3N. The minimum Gasteiger partial charge on any atom is -0.347 e. The maximum atomic E-state index is 12.7. The number of hydrogen-bond acceptors (Lipinski definition) is 0. The summed E-state index contributed by atoms with van der Waals surface area (Å²) in [5.41, 5.74) is 1.26. The fourth-order valence-electron chi connectivity index (χ4n) is 2.42. The Morgan fingerprint density at radius 3 is 2.75 bits per heavy atom. The van der Waals surface area contributed by atoms with Crippen molar-refractivity contribution in [3.8, 4) is 0 Å². The van der Waals surface area contributed by atoms with Crippen molar-refractivity contribution in [1.82, 2.24) is 4.57 Å². The van der Waals surface area contributed by atoms with Crippen LogP contribution in [0.2, 0.25) is 0 Å². The Kier molecular flexibility index (Phi) is 1.85. The molecule has 0 saturated carbocycles. The van der Waals surface area contributed by atoms with Crippen LogP contribution in [0.3, 0.4) is 0 Å². The van der Waals surface area contributed by atoms with Crippen molar-refractivity contribution in [3.05, 3.63) is 35.5 Å². The molecule has 2 aromatic rings. The van der Waals surface area contributed by atoms with Gasteiger partial charge in [0.15, 0.2) is 0 Å². The Labute approximate surface area is 90.5 Å². The van der Waals surface area contributed by atoms with E-state index in [1.54, 1.807) is 6.07 Å². The molecule has 1 aromatic carbocycles. The molecule has 2 heterocycles. The average Bonchev–Trinajstić information content (AvgIpc) is 2.62. The van der Waals surface area contributed by atoms with Gasteiger partial charge in [-0.15, -0.1) is 0 Å². The van der Waals surface area contributed by atoms with Crippen molar-refractivity contribution in [1.29, 1.82) is 0 Å². The third-order valence-electron chi connectivity index (χ3n) is 3.11. The second kappa shape index (κ2) is 3.03. The van der Waals surface area contributed by atoms with Gasteiger partial charge < -0.3 is 4.57 Å². The highest BCUT2D eigenvalue weighted by Crippen LogP contribution is 2.35. The van der Waals surface area contributed by atoms with Gasteiger partial charge in [0.1, 0.15) is 0 Å². The third-order valence-corrected chi connectivity index (χ3v) is 3.11. The van der Waals surface area contributed by atoms with Gasteiger partial charge in [-0.05, 0) is 36.6 Å². The van der Waals surface area contributed by atoms with Crippen LogP contribution in [0.5, 0.6) is 0 Å². The smallest absolute Gasteiger partial charge is 0.347 e. The second-order valence-corrected chi connectivity index (χ2v) is 4.18. The first kappa shape index (κ1) is 9.75. The summed E-state index contributed by atoms with van der Waals surface area (Å²) in [6.07, 6.45) is -0.722. The fraction of sp³-hybridized carbons (Fsp3) is 0.333. The summed E-state index contributed by atoms with van der Waals surface area (Å²) in [7, 11) is 0. The van der Waals surface area contributed by atoms with Gasteiger partial charge in [-0.1, -0.05) is 0 Å². The van der Waals surface area contributed by atoms with E-state index in [4.69, 9.17) is 0 Å². The molecule has 3 rings (SSSR count). The molecular weight excluding hydrogens is 215 g/mol. The van der Waals surface area contributed by atoms with E-state index >= 15 is 0 Å². The van der Waals surface area contributed by atoms with Crippen LogP contribution in [-0.4, -0.2) is 4.57 Å². The zero-order chi connectivity index (χ0) is 11.3. The van der Waals surface area contributed by atoms with E-state index < -0.39 is 11.7 Å². The third kappa shape index (κ3) is 1.32. The lowest BCUT2D eigenvalue weighted by atomic mass is 10.0. The monoisotopic (exact) mass is 225 g/mol. The average molecular weight is 225 g/mol. The van der Waals surface area contributed by atoms with Crippen molar-refractivity contribution < 1.29 is 13.2 Å². The van der Waals surface area contributed by atoms with Crippen LogP contribution in [0.25, 0.3) is 10.9 Å². The Morgan fingerprint density at radius 1 is 1.19 bits per heavy atom. The van der Waals surface area contributed by atoms with Gasteiger partial charge >= 0.3 is 6.18 Å². The standard InChI is InChI=1S/C12H10F3N/c13-12(14,15)10-6-8-2-1-4-16-5-3-9(7-10)11(8)16/h3,5-7H,1-2,4H2. The quantitative estimate of drug-likeness (QED) is 0.645. The summed E-state index contributed by atoms with van der Waals surface area (Å²) in [5, 5.41) is 0.699. The number of aromatic nitrogens is 1. The summed E-state index contributed by atoms with van der Waals surface area (Å²) in [4.78, 5) is 0. The van der Waals surface area contributed by atoms with Crippen molar-refractivity contribution in [2.45, 2.75) is 25.6 Å². The number of rotatable bonds is 0. The van der Waals surface area contributed by atoms with Crippen molar-refractivity contribution in [2.75, 3.05) is 0 Å². The first-order chi connectivity index (χ1) is 7.55. The number of halogens is 3. The maximum Gasteiger partial charge on any atom is 0.416 e. The van der Waals surface area contributed by atoms with E-state index in [0.717, 1.165) is 30.5 Å². The van der Waals surface area contributed by atoms with Gasteiger partial charge in [0.05, 0.1) is 11.1 Å². The zero-order valence-electron chi connectivity index (χ0n) is 8.51. The van der Waals surface area contributed by atoms with Gasteiger partial charge in [0.25, 0.3) is 0 Å². The highest BCUT2D eigenvalue weighted by atomic mass is 19.4. The number of benzene rings is 1. The molecule has 0 N–H and O–H groups in total. The minimum atomic E-state index is -4.25. The van der Waals surface area contributed by atoms with Crippen molar-refractivity contribution in [3.63, 3.8) is 0 Å². The van der Waals surface area contributed by atoms with Gasteiger partial charge in [-0.25, -0.2) is 0 Å². The first-order valence-electron chi connectivity index (χ1n) is 5.25. The Balaban J connectivity index is 2.31. The van der Waals surface area contributed by atoms with Gasteiger partial charge in [0.2, 0.25) is 0 Å². The molecule has 0 spiro atoms. The molecule has 16 heavy (non-hydrogen) atoms. The normalized spacial score (nSPS) is 15.7. The predicted octanol–water partition coefficient (Wildman–Crippen LogP) is 3.61. The van der Waals surface area contributed by atoms with Crippen LogP contribution in [0.15, 0.2) is 24.4 Å². The van der Waals surface area contributed by atoms with Crippen molar-refractivity contribution >= 4 is 10.9 Å². The largest absolute Gasteiger partial charge is 0.416 e. The summed E-state index contributed by atoms with van der Waals surface area (Å²) in [5.74, 6) is 0. The topological polar surface area (TPSA) is 4.93 Å². The van der Waals surface area contributed by atoms with Crippen LogP contribution in [0.4, 0.5) is 13.2 Å². The zero-order valence-corrected chi connectivity index (χ0v) is 8.51. The lowest BCUT2D eigenvalue weighted by Crippen LogP contribution is -2.10. The highest BCUT2D eigenvalue weighted by Gasteiger charge is 2.32. The maximum absolute atomic E-state index is 12.7. The van der Waals surface area contributed by atoms with E-state index in [1.807, 2.05) is 10.8 Å². The molecule has 0 amide bonds. The van der Waals surface area contributed by atoms with Crippen LogP contribution < -0.4 is 0 Å². The van der Waals surface area contributed by atoms with E-state index in [-0.39, 0.29) is 0 Å². The number of nitrogens with zero attached hydrogens (tertiary/aromatic N) is 1. The molecule has 0 saturated heterocycles. The first-order valence-corrected chi connectivity index (χ1v) is 5.25. The van der Waals surface area contributed by atoms with Crippen LogP contribution in [0, 0.1) is 0 Å². The van der Waals surface area contributed by atoms with Crippen LogP contribution in [-0.2, 0) is 19.1 Å². The molecule has 0 bridgehead atoms. The number of hydrogen-bond donors (Lipinski definition) is 0. The van der Waals surface area contributed by atoms with E-state index in [1.165, 1.54) is 12.1 Å². The molecule has 0 unspecified atom stereocenters. The molecule has 0 fully saturated rings. The molecule has 1 nitrogen and oxygen atoms in total. The summed E-state index contributed by atoms with van der Waals surface area (Å²) in [6, 6.07) is 4.29. The van der Waals surface area contributed by atoms with E-state index in [0.29, 0.717) is 5.39 Å². The SMILES string of the molecule is FC(F)(F)c1cc2c3c(ccn3CCC2)c1.